The van der Waals surface area contributed by atoms with Crippen molar-refractivity contribution in [2.75, 3.05) is 0 Å². The molecule has 0 unspecified atom stereocenters. The second-order valence-electron chi connectivity index (χ2n) is 1.64. The van der Waals surface area contributed by atoms with E-state index in [1.165, 1.54) is 6.20 Å². The predicted molar refractivity (Wildman–Crippen MR) is 34.6 cm³/mol. The molecular weight excluding hydrogens is 157 g/mol. The third kappa shape index (κ3) is 1.30. The summed E-state index contributed by atoms with van der Waals surface area (Å²) >= 11 is 5.36. The number of nitrogens with zero attached hydrogens (tertiary/aromatic N) is 1. The Balaban J connectivity index is 3.19. The molecule has 10 heavy (non-hydrogen) atoms. The van der Waals surface area contributed by atoms with Crippen LogP contribution in [0, 0.1) is 5.82 Å². The van der Waals surface area contributed by atoms with Crippen molar-refractivity contribution in [3.05, 3.63) is 28.8 Å². The zero-order valence-corrected chi connectivity index (χ0v) is 5.60. The van der Waals surface area contributed by atoms with Crippen LogP contribution in [0.2, 0.25) is 5.02 Å². The normalized spacial score (nSPS) is 9.40. The molecule has 0 aromatic carbocycles. The summed E-state index contributed by atoms with van der Waals surface area (Å²) in [5.41, 5.74) is -0.218. The SMILES string of the molecule is O=Cc1ncc(Cl)cc1F. The molecule has 0 spiro atoms. The van der Waals surface area contributed by atoms with Crippen molar-refractivity contribution >= 4 is 17.9 Å². The van der Waals surface area contributed by atoms with Crippen LogP contribution in [-0.2, 0) is 0 Å². The lowest BCUT2D eigenvalue weighted by atomic mass is 10.4. The van der Waals surface area contributed by atoms with Crippen LogP contribution >= 0.6 is 11.6 Å². The molecular formula is C6H3ClFNO. The highest BCUT2D eigenvalue weighted by atomic mass is 35.5. The first kappa shape index (κ1) is 7.15. The second kappa shape index (κ2) is 2.75. The van der Waals surface area contributed by atoms with Gasteiger partial charge in [-0.15, -0.1) is 0 Å². The summed E-state index contributed by atoms with van der Waals surface area (Å²) in [4.78, 5) is 13.4. The molecule has 2 nitrogen and oxygen atoms in total. The summed E-state index contributed by atoms with van der Waals surface area (Å²) in [6.07, 6.45) is 1.56. The molecule has 0 atom stereocenters. The van der Waals surface area contributed by atoms with Crippen LogP contribution in [0.1, 0.15) is 10.5 Å². The molecule has 0 saturated carbocycles. The van der Waals surface area contributed by atoms with Gasteiger partial charge in [0.2, 0.25) is 0 Å². The van der Waals surface area contributed by atoms with E-state index in [-0.39, 0.29) is 10.7 Å². The molecule has 0 radical (unpaired) electrons. The van der Waals surface area contributed by atoms with Crippen LogP contribution in [0.15, 0.2) is 12.3 Å². The number of rotatable bonds is 1. The number of hydrogen-bond acceptors (Lipinski definition) is 2. The van der Waals surface area contributed by atoms with Gasteiger partial charge in [0.05, 0.1) is 5.02 Å². The maximum Gasteiger partial charge on any atom is 0.171 e. The van der Waals surface area contributed by atoms with Crippen molar-refractivity contribution in [2.45, 2.75) is 0 Å². The summed E-state index contributed by atoms with van der Waals surface area (Å²) in [5, 5.41) is 0.183. The van der Waals surface area contributed by atoms with Crippen LogP contribution in [0.4, 0.5) is 4.39 Å². The van der Waals surface area contributed by atoms with E-state index >= 15 is 0 Å². The van der Waals surface area contributed by atoms with E-state index in [2.05, 4.69) is 4.98 Å². The monoisotopic (exact) mass is 159 g/mol. The number of aldehydes is 1. The molecule has 52 valence electrons. The molecule has 0 aliphatic rings. The van der Waals surface area contributed by atoms with Crippen molar-refractivity contribution in [3.8, 4) is 0 Å². The molecule has 1 aromatic rings. The van der Waals surface area contributed by atoms with E-state index in [0.717, 1.165) is 6.07 Å². The molecule has 4 heteroatoms. The molecule has 0 bridgehead atoms. The van der Waals surface area contributed by atoms with Crippen molar-refractivity contribution in [1.29, 1.82) is 0 Å². The minimum Gasteiger partial charge on any atom is -0.296 e. The fourth-order valence-corrected chi connectivity index (χ4v) is 0.656. The van der Waals surface area contributed by atoms with Crippen molar-refractivity contribution in [3.63, 3.8) is 0 Å². The number of carbonyl (C=O) groups is 1. The molecule has 0 amide bonds. The standard InChI is InChI=1S/C6H3ClFNO/c7-4-1-5(8)6(3-10)9-2-4/h1-3H. The van der Waals surface area contributed by atoms with Gasteiger partial charge in [-0.05, 0) is 6.07 Å². The summed E-state index contributed by atoms with van der Waals surface area (Å²) in [6.45, 7) is 0. The summed E-state index contributed by atoms with van der Waals surface area (Å²) in [5.74, 6) is -0.692. The highest BCUT2D eigenvalue weighted by molar-refractivity contribution is 6.30. The maximum absolute atomic E-state index is 12.5. The van der Waals surface area contributed by atoms with Crippen molar-refractivity contribution < 1.29 is 9.18 Å². The smallest absolute Gasteiger partial charge is 0.171 e. The van der Waals surface area contributed by atoms with Crippen molar-refractivity contribution in [1.82, 2.24) is 4.98 Å². The van der Waals surface area contributed by atoms with E-state index in [1.807, 2.05) is 0 Å². The molecule has 0 N–H and O–H groups in total. The lowest BCUT2D eigenvalue weighted by Gasteiger charge is -1.91. The zero-order valence-electron chi connectivity index (χ0n) is 4.84. The zero-order chi connectivity index (χ0) is 7.56. The highest BCUT2D eigenvalue weighted by Crippen LogP contribution is 2.09. The Morgan fingerprint density at radius 3 is 2.90 bits per heavy atom. The van der Waals surface area contributed by atoms with Crippen LogP contribution < -0.4 is 0 Å². The van der Waals surface area contributed by atoms with Gasteiger partial charge >= 0.3 is 0 Å². The lowest BCUT2D eigenvalue weighted by molar-refractivity contribution is 0.111. The largest absolute Gasteiger partial charge is 0.296 e. The minimum atomic E-state index is -0.692. The van der Waals surface area contributed by atoms with Gasteiger partial charge in [-0.3, -0.25) is 4.79 Å². The van der Waals surface area contributed by atoms with Gasteiger partial charge < -0.3 is 0 Å². The van der Waals surface area contributed by atoms with Gasteiger partial charge in [0.25, 0.3) is 0 Å². The fraction of sp³-hybridized carbons (Fsp3) is 0. The Bertz CT molecular complexity index is 264. The van der Waals surface area contributed by atoms with Gasteiger partial charge in [0.15, 0.2) is 12.1 Å². The molecule has 0 fully saturated rings. The van der Waals surface area contributed by atoms with Crippen LogP contribution in [0.5, 0.6) is 0 Å². The van der Waals surface area contributed by atoms with E-state index in [0.29, 0.717) is 6.29 Å². The van der Waals surface area contributed by atoms with Crippen molar-refractivity contribution in [2.24, 2.45) is 0 Å². The lowest BCUT2D eigenvalue weighted by Crippen LogP contribution is -1.90. The number of aromatic nitrogens is 1. The number of carbonyl (C=O) groups excluding carboxylic acids is 1. The number of pyridine rings is 1. The first-order valence-corrected chi connectivity index (χ1v) is 2.88. The Morgan fingerprint density at radius 1 is 1.70 bits per heavy atom. The summed E-state index contributed by atoms with van der Waals surface area (Å²) in [7, 11) is 0. The second-order valence-corrected chi connectivity index (χ2v) is 2.07. The molecule has 1 aromatic heterocycles. The van der Waals surface area contributed by atoms with E-state index in [4.69, 9.17) is 11.6 Å². The Morgan fingerprint density at radius 2 is 2.40 bits per heavy atom. The Kier molecular flexibility index (Phi) is 1.97. The molecule has 0 saturated heterocycles. The predicted octanol–water partition coefficient (Wildman–Crippen LogP) is 1.69. The first-order valence-electron chi connectivity index (χ1n) is 2.50. The Hall–Kier alpha value is -0.960. The number of halogens is 2. The van der Waals surface area contributed by atoms with E-state index in [1.54, 1.807) is 0 Å². The molecule has 1 rings (SSSR count). The van der Waals surface area contributed by atoms with E-state index < -0.39 is 5.82 Å². The Labute approximate surface area is 61.6 Å². The quantitative estimate of drug-likeness (QED) is 0.584. The molecule has 0 aliphatic carbocycles. The number of hydrogen-bond donors (Lipinski definition) is 0. The highest BCUT2D eigenvalue weighted by Gasteiger charge is 2.01. The van der Waals surface area contributed by atoms with Crippen LogP contribution in [0.3, 0.4) is 0 Å². The maximum atomic E-state index is 12.5. The van der Waals surface area contributed by atoms with E-state index in [9.17, 15) is 9.18 Å². The third-order valence-electron chi connectivity index (χ3n) is 0.948. The average molecular weight is 160 g/mol. The summed E-state index contributed by atoms with van der Waals surface area (Å²) < 4.78 is 12.5. The molecule has 0 aliphatic heterocycles. The average Bonchev–Trinajstić information content (AvgIpc) is 1.88. The van der Waals surface area contributed by atoms with Gasteiger partial charge in [-0.1, -0.05) is 11.6 Å². The summed E-state index contributed by atoms with van der Waals surface area (Å²) in [6, 6.07) is 1.04. The van der Waals surface area contributed by atoms with Gasteiger partial charge in [0, 0.05) is 6.20 Å². The van der Waals surface area contributed by atoms with Gasteiger partial charge in [-0.25, -0.2) is 9.37 Å². The first-order chi connectivity index (χ1) is 4.74. The topological polar surface area (TPSA) is 30.0 Å². The third-order valence-corrected chi connectivity index (χ3v) is 1.15. The minimum absolute atomic E-state index is 0.183. The van der Waals surface area contributed by atoms with Crippen LogP contribution in [0.25, 0.3) is 0 Å². The fourth-order valence-electron chi connectivity index (χ4n) is 0.512. The van der Waals surface area contributed by atoms with Gasteiger partial charge in [-0.2, -0.15) is 0 Å². The molecule has 1 heterocycles. The van der Waals surface area contributed by atoms with Gasteiger partial charge in [0.1, 0.15) is 5.69 Å². The van der Waals surface area contributed by atoms with Crippen LogP contribution in [-0.4, -0.2) is 11.3 Å².